The molecule has 0 unspecified atom stereocenters. The van der Waals surface area contributed by atoms with Gasteiger partial charge in [-0.05, 0) is 41.5 Å². The van der Waals surface area contributed by atoms with Gasteiger partial charge >= 0.3 is 0 Å². The van der Waals surface area contributed by atoms with Crippen molar-refractivity contribution in [2.45, 2.75) is 12.5 Å². The number of benzene rings is 3. The first-order valence-electron chi connectivity index (χ1n) is 9.14. The maximum absolute atomic E-state index is 9.78. The van der Waals surface area contributed by atoms with E-state index in [1.807, 2.05) is 12.1 Å². The van der Waals surface area contributed by atoms with Crippen LogP contribution in [0.4, 0.5) is 0 Å². The SMILES string of the molecule is N#CC1=C(N)Oc2cc(O)ccc2[C@@H]1c1cc(Cl)c(OCc2ccc(Cl)cc2)c(Cl)c1. The number of nitriles is 1. The maximum Gasteiger partial charge on any atom is 0.205 e. The summed E-state index contributed by atoms with van der Waals surface area (Å²) in [6.45, 7) is 0.256. The summed E-state index contributed by atoms with van der Waals surface area (Å²) >= 11 is 18.9. The Balaban J connectivity index is 1.70. The number of ether oxygens (including phenoxy) is 2. The summed E-state index contributed by atoms with van der Waals surface area (Å²) in [5, 5.41) is 20.7. The highest BCUT2D eigenvalue weighted by Gasteiger charge is 2.31. The Morgan fingerprint density at radius 2 is 1.71 bits per heavy atom. The van der Waals surface area contributed by atoms with Crippen LogP contribution in [0.25, 0.3) is 0 Å². The molecule has 0 bridgehead atoms. The molecule has 3 aromatic rings. The number of hydrogen-bond donors (Lipinski definition) is 2. The topological polar surface area (TPSA) is 88.5 Å². The lowest BCUT2D eigenvalue weighted by Gasteiger charge is -2.27. The summed E-state index contributed by atoms with van der Waals surface area (Å²) in [7, 11) is 0. The fourth-order valence-corrected chi connectivity index (χ4v) is 4.15. The zero-order valence-electron chi connectivity index (χ0n) is 15.9. The van der Waals surface area contributed by atoms with Crippen molar-refractivity contribution in [1.82, 2.24) is 0 Å². The number of hydrogen-bond acceptors (Lipinski definition) is 5. The second kappa shape index (κ2) is 8.60. The fourth-order valence-electron chi connectivity index (χ4n) is 3.41. The maximum atomic E-state index is 9.78. The molecule has 1 atom stereocenters. The van der Waals surface area contributed by atoms with Crippen LogP contribution in [0.1, 0.15) is 22.6 Å². The van der Waals surface area contributed by atoms with E-state index in [9.17, 15) is 10.4 Å². The van der Waals surface area contributed by atoms with E-state index in [0.29, 0.717) is 37.7 Å². The predicted molar refractivity (Wildman–Crippen MR) is 120 cm³/mol. The second-order valence-corrected chi connectivity index (χ2v) is 8.13. The van der Waals surface area contributed by atoms with Crippen LogP contribution in [0.3, 0.4) is 0 Å². The van der Waals surface area contributed by atoms with E-state index in [1.54, 1.807) is 30.3 Å². The highest BCUT2D eigenvalue weighted by molar-refractivity contribution is 6.37. The number of nitrogens with two attached hydrogens (primary N) is 1. The molecular weight excluding hydrogens is 459 g/mol. The predicted octanol–water partition coefficient (Wildman–Crippen LogP) is 6.15. The van der Waals surface area contributed by atoms with Crippen molar-refractivity contribution in [3.8, 4) is 23.3 Å². The standard InChI is InChI=1S/C23H15Cl3N2O3/c24-14-3-1-12(2-4-14)11-30-22-18(25)7-13(8-19(22)26)21-16-6-5-15(29)9-20(16)31-23(28)17(21)10-27/h1-9,21,29H,11,28H2/t21-/m0/s1. The minimum Gasteiger partial charge on any atom is -0.508 e. The number of rotatable bonds is 4. The molecule has 5 nitrogen and oxygen atoms in total. The molecule has 0 saturated carbocycles. The van der Waals surface area contributed by atoms with Gasteiger partial charge in [-0.25, -0.2) is 0 Å². The summed E-state index contributed by atoms with van der Waals surface area (Å²) in [4.78, 5) is 0. The van der Waals surface area contributed by atoms with Crippen LogP contribution in [0, 0.1) is 11.3 Å². The van der Waals surface area contributed by atoms with Crippen molar-refractivity contribution >= 4 is 34.8 Å². The third-order valence-corrected chi connectivity index (χ3v) is 5.67. The Hall–Kier alpha value is -3.04. The van der Waals surface area contributed by atoms with Crippen LogP contribution in [0.5, 0.6) is 17.2 Å². The molecule has 3 N–H and O–H groups in total. The number of aromatic hydroxyl groups is 1. The minimum atomic E-state index is -0.560. The van der Waals surface area contributed by atoms with Gasteiger partial charge in [0.15, 0.2) is 5.75 Å². The molecule has 0 radical (unpaired) electrons. The Kier molecular flexibility index (Phi) is 5.88. The van der Waals surface area contributed by atoms with Gasteiger partial charge in [-0.15, -0.1) is 0 Å². The average molecular weight is 474 g/mol. The number of phenolic OH excluding ortho intramolecular Hbond substituents is 1. The average Bonchev–Trinajstić information content (AvgIpc) is 2.73. The van der Waals surface area contributed by atoms with Gasteiger partial charge in [0.1, 0.15) is 29.7 Å². The van der Waals surface area contributed by atoms with Crippen LogP contribution in [-0.4, -0.2) is 5.11 Å². The summed E-state index contributed by atoms with van der Waals surface area (Å²) in [6, 6.07) is 17.3. The van der Waals surface area contributed by atoms with Crippen molar-refractivity contribution < 1.29 is 14.6 Å². The van der Waals surface area contributed by atoms with Crippen LogP contribution in [0.2, 0.25) is 15.1 Å². The van der Waals surface area contributed by atoms with E-state index >= 15 is 0 Å². The van der Waals surface area contributed by atoms with E-state index in [4.69, 9.17) is 50.0 Å². The van der Waals surface area contributed by atoms with Crippen molar-refractivity contribution in [2.75, 3.05) is 0 Å². The molecule has 0 spiro atoms. The Morgan fingerprint density at radius 1 is 1.03 bits per heavy atom. The number of allylic oxidation sites excluding steroid dienone is 1. The van der Waals surface area contributed by atoms with Gasteiger partial charge in [0.25, 0.3) is 0 Å². The van der Waals surface area contributed by atoms with Gasteiger partial charge in [-0.1, -0.05) is 53.0 Å². The molecule has 1 heterocycles. The quantitative estimate of drug-likeness (QED) is 0.474. The summed E-state index contributed by atoms with van der Waals surface area (Å²) < 4.78 is 11.4. The van der Waals surface area contributed by atoms with Crippen LogP contribution in [-0.2, 0) is 6.61 Å². The van der Waals surface area contributed by atoms with E-state index < -0.39 is 5.92 Å². The number of phenols is 1. The first-order chi connectivity index (χ1) is 14.9. The first-order valence-corrected chi connectivity index (χ1v) is 10.3. The van der Waals surface area contributed by atoms with Gasteiger partial charge < -0.3 is 20.3 Å². The summed E-state index contributed by atoms with van der Waals surface area (Å²) in [5.41, 5.74) is 8.39. The zero-order valence-corrected chi connectivity index (χ0v) is 18.2. The Bertz CT molecular complexity index is 1210. The number of nitrogens with zero attached hydrogens (tertiary/aromatic N) is 1. The molecule has 31 heavy (non-hydrogen) atoms. The third kappa shape index (κ3) is 4.24. The van der Waals surface area contributed by atoms with Gasteiger partial charge in [-0.2, -0.15) is 5.26 Å². The largest absolute Gasteiger partial charge is 0.508 e. The first kappa shape index (κ1) is 21.2. The van der Waals surface area contributed by atoms with Gasteiger partial charge in [0, 0.05) is 16.7 Å². The Labute approximate surface area is 193 Å². The van der Waals surface area contributed by atoms with Gasteiger partial charge in [-0.3, -0.25) is 0 Å². The second-order valence-electron chi connectivity index (χ2n) is 6.88. The molecule has 1 aliphatic heterocycles. The van der Waals surface area contributed by atoms with Crippen LogP contribution >= 0.6 is 34.8 Å². The van der Waals surface area contributed by atoms with E-state index in [2.05, 4.69) is 6.07 Å². The lowest BCUT2D eigenvalue weighted by molar-refractivity contribution is 0.306. The molecule has 0 fully saturated rings. The van der Waals surface area contributed by atoms with E-state index in [0.717, 1.165) is 5.56 Å². The lowest BCUT2D eigenvalue weighted by Crippen LogP contribution is -2.21. The Morgan fingerprint density at radius 3 is 2.35 bits per heavy atom. The fraction of sp³-hybridized carbons (Fsp3) is 0.0870. The molecule has 3 aromatic carbocycles. The van der Waals surface area contributed by atoms with Gasteiger partial charge in [0.05, 0.1) is 16.0 Å². The number of halogens is 3. The zero-order chi connectivity index (χ0) is 22.1. The van der Waals surface area contributed by atoms with Crippen LogP contribution < -0.4 is 15.2 Å². The third-order valence-electron chi connectivity index (χ3n) is 4.85. The molecule has 1 aliphatic rings. The summed E-state index contributed by atoms with van der Waals surface area (Å²) in [6.07, 6.45) is 0. The van der Waals surface area contributed by atoms with Crippen molar-refractivity contribution in [2.24, 2.45) is 5.73 Å². The van der Waals surface area contributed by atoms with E-state index in [-0.39, 0.29) is 23.8 Å². The molecule has 4 rings (SSSR count). The lowest BCUT2D eigenvalue weighted by atomic mass is 9.83. The smallest absolute Gasteiger partial charge is 0.205 e. The minimum absolute atomic E-state index is 0.0210. The highest BCUT2D eigenvalue weighted by atomic mass is 35.5. The monoisotopic (exact) mass is 472 g/mol. The van der Waals surface area contributed by atoms with Crippen molar-refractivity contribution in [1.29, 1.82) is 5.26 Å². The molecule has 0 amide bonds. The number of fused-ring (bicyclic) bond motifs is 1. The highest BCUT2D eigenvalue weighted by Crippen LogP contribution is 2.46. The van der Waals surface area contributed by atoms with Crippen LogP contribution in [0.15, 0.2) is 66.1 Å². The van der Waals surface area contributed by atoms with Gasteiger partial charge in [0.2, 0.25) is 5.88 Å². The van der Waals surface area contributed by atoms with Crippen molar-refractivity contribution in [3.63, 3.8) is 0 Å². The van der Waals surface area contributed by atoms with E-state index in [1.165, 1.54) is 12.1 Å². The normalized spacial score (nSPS) is 15.1. The molecule has 8 heteroatoms. The molecule has 0 saturated heterocycles. The molecule has 0 aromatic heterocycles. The van der Waals surface area contributed by atoms with Crippen molar-refractivity contribution in [3.05, 3.63) is 97.8 Å². The molecule has 156 valence electrons. The summed E-state index contributed by atoms with van der Waals surface area (Å²) in [5.74, 6) is 0.107. The molecular formula is C23H15Cl3N2O3. The molecule has 0 aliphatic carbocycles.